The van der Waals surface area contributed by atoms with E-state index in [9.17, 15) is 14.4 Å². The number of nitrogens with one attached hydrogen (secondary N) is 2. The topological polar surface area (TPSA) is 87.7 Å². The molecule has 1 aliphatic heterocycles. The summed E-state index contributed by atoms with van der Waals surface area (Å²) in [5, 5.41) is 5.80. The molecule has 1 fully saturated rings. The van der Waals surface area contributed by atoms with E-state index in [1.165, 1.54) is 0 Å². The van der Waals surface area contributed by atoms with Crippen molar-refractivity contribution in [3.05, 3.63) is 89.5 Å². The monoisotopic (exact) mass is 485 g/mol. The number of hydrogen-bond acceptors (Lipinski definition) is 4. The highest BCUT2D eigenvalue weighted by Gasteiger charge is 2.35. The Balaban J connectivity index is 1.39. The number of aryl methyl sites for hydroxylation is 1. The van der Waals surface area contributed by atoms with Gasteiger partial charge in [0.05, 0.1) is 23.8 Å². The van der Waals surface area contributed by atoms with Crippen molar-refractivity contribution < 1.29 is 19.1 Å². The third-order valence-corrected chi connectivity index (χ3v) is 6.25. The van der Waals surface area contributed by atoms with E-state index in [2.05, 4.69) is 10.6 Å². The van der Waals surface area contributed by atoms with E-state index < -0.39 is 5.92 Å². The minimum atomic E-state index is -0.517. The summed E-state index contributed by atoms with van der Waals surface area (Å²) in [4.78, 5) is 40.3. The Labute approximate surface area is 211 Å². The average Bonchev–Trinajstić information content (AvgIpc) is 3.29. The van der Waals surface area contributed by atoms with Crippen molar-refractivity contribution in [2.75, 3.05) is 23.4 Å². The van der Waals surface area contributed by atoms with Crippen LogP contribution in [0.25, 0.3) is 0 Å². The Kier molecular flexibility index (Phi) is 8.00. The van der Waals surface area contributed by atoms with E-state index in [4.69, 9.17) is 4.74 Å². The molecule has 0 aromatic heterocycles. The van der Waals surface area contributed by atoms with Gasteiger partial charge in [0.25, 0.3) is 5.91 Å². The maximum absolute atomic E-state index is 13.1. The van der Waals surface area contributed by atoms with Crippen LogP contribution in [0.2, 0.25) is 0 Å². The van der Waals surface area contributed by atoms with Crippen LogP contribution in [0.1, 0.15) is 41.3 Å². The van der Waals surface area contributed by atoms with Crippen molar-refractivity contribution in [1.82, 2.24) is 5.32 Å². The van der Waals surface area contributed by atoms with Crippen molar-refractivity contribution >= 4 is 29.1 Å². The van der Waals surface area contributed by atoms with Gasteiger partial charge < -0.3 is 20.3 Å². The van der Waals surface area contributed by atoms with Crippen molar-refractivity contribution in [2.45, 2.75) is 33.2 Å². The Hall–Kier alpha value is -4.13. The van der Waals surface area contributed by atoms with Gasteiger partial charge in [0.1, 0.15) is 5.75 Å². The van der Waals surface area contributed by atoms with Gasteiger partial charge in [-0.1, -0.05) is 43.3 Å². The lowest BCUT2D eigenvalue weighted by Crippen LogP contribution is -2.29. The summed E-state index contributed by atoms with van der Waals surface area (Å²) in [6, 6.07) is 22.1. The van der Waals surface area contributed by atoms with E-state index in [1.807, 2.05) is 62.4 Å². The lowest BCUT2D eigenvalue weighted by atomic mass is 10.1. The highest BCUT2D eigenvalue weighted by molar-refractivity contribution is 6.07. The van der Waals surface area contributed by atoms with E-state index >= 15 is 0 Å². The van der Waals surface area contributed by atoms with Crippen molar-refractivity contribution in [3.63, 3.8) is 0 Å². The molecule has 7 heteroatoms. The van der Waals surface area contributed by atoms with Gasteiger partial charge in [0.15, 0.2) is 0 Å². The van der Waals surface area contributed by atoms with Crippen LogP contribution in [0, 0.1) is 12.8 Å². The third kappa shape index (κ3) is 5.92. The summed E-state index contributed by atoms with van der Waals surface area (Å²) >= 11 is 0. The molecule has 0 bridgehead atoms. The molecule has 0 aliphatic carbocycles. The molecule has 3 aromatic rings. The average molecular weight is 486 g/mol. The number of ether oxygens (including phenoxy) is 1. The molecule has 186 valence electrons. The fourth-order valence-corrected chi connectivity index (χ4v) is 4.18. The molecule has 4 rings (SSSR count). The summed E-state index contributed by atoms with van der Waals surface area (Å²) in [6.07, 6.45) is 1.03. The summed E-state index contributed by atoms with van der Waals surface area (Å²) in [7, 11) is 0. The number of anilines is 2. The van der Waals surface area contributed by atoms with Crippen LogP contribution >= 0.6 is 0 Å². The lowest BCUT2D eigenvalue weighted by Gasteiger charge is -2.18. The molecule has 0 unspecified atom stereocenters. The Bertz CT molecular complexity index is 1240. The molecule has 3 amide bonds. The van der Waals surface area contributed by atoms with Crippen molar-refractivity contribution in [2.24, 2.45) is 5.92 Å². The van der Waals surface area contributed by atoms with Crippen LogP contribution in [-0.4, -0.2) is 30.9 Å². The van der Waals surface area contributed by atoms with Crippen molar-refractivity contribution in [1.29, 1.82) is 0 Å². The predicted molar refractivity (Wildman–Crippen MR) is 140 cm³/mol. The smallest absolute Gasteiger partial charge is 0.253 e. The summed E-state index contributed by atoms with van der Waals surface area (Å²) in [6.45, 7) is 5.34. The largest absolute Gasteiger partial charge is 0.494 e. The molecule has 0 saturated carbocycles. The molecular weight excluding hydrogens is 454 g/mol. The highest BCUT2D eigenvalue weighted by atomic mass is 16.5. The van der Waals surface area contributed by atoms with Crippen LogP contribution in [-0.2, 0) is 16.1 Å². The molecule has 36 heavy (non-hydrogen) atoms. The van der Waals surface area contributed by atoms with Crippen molar-refractivity contribution in [3.8, 4) is 5.75 Å². The zero-order valence-electron chi connectivity index (χ0n) is 20.6. The lowest BCUT2D eigenvalue weighted by molar-refractivity contribution is -0.122. The van der Waals surface area contributed by atoms with Gasteiger partial charge >= 0.3 is 0 Å². The molecule has 0 spiro atoms. The minimum absolute atomic E-state index is 0.110. The normalized spacial score (nSPS) is 15.0. The zero-order chi connectivity index (χ0) is 25.5. The van der Waals surface area contributed by atoms with Gasteiger partial charge in [0.2, 0.25) is 11.8 Å². The first-order valence-corrected chi connectivity index (χ1v) is 12.2. The molecule has 1 heterocycles. The highest BCUT2D eigenvalue weighted by Crippen LogP contribution is 2.28. The van der Waals surface area contributed by atoms with Gasteiger partial charge in [-0.05, 0) is 60.9 Å². The van der Waals surface area contributed by atoms with E-state index in [0.29, 0.717) is 24.4 Å². The Morgan fingerprint density at radius 3 is 2.47 bits per heavy atom. The van der Waals surface area contributed by atoms with Gasteiger partial charge in [-0.2, -0.15) is 0 Å². The van der Waals surface area contributed by atoms with E-state index in [0.717, 1.165) is 29.0 Å². The predicted octanol–water partition coefficient (Wildman–Crippen LogP) is 4.71. The number of carbonyl (C=O) groups is 3. The SMILES string of the molecule is CCCOc1ccc(N2C[C@@H](C(=O)Nc3ccccc3C(=O)NCc3ccccc3C)CC2=O)cc1. The maximum Gasteiger partial charge on any atom is 0.253 e. The first kappa shape index (κ1) is 25.0. The number of para-hydroxylation sites is 1. The van der Waals surface area contributed by atoms with Crippen LogP contribution < -0.4 is 20.3 Å². The number of nitrogens with zero attached hydrogens (tertiary/aromatic N) is 1. The molecule has 1 atom stereocenters. The Morgan fingerprint density at radius 2 is 1.72 bits per heavy atom. The molecular formula is C29H31N3O4. The molecule has 1 saturated heterocycles. The van der Waals surface area contributed by atoms with Gasteiger partial charge in [0, 0.05) is 25.2 Å². The van der Waals surface area contributed by atoms with Gasteiger partial charge in [-0.25, -0.2) is 0 Å². The van der Waals surface area contributed by atoms with Crippen LogP contribution in [0.3, 0.4) is 0 Å². The molecule has 1 aliphatic rings. The second-order valence-corrected chi connectivity index (χ2v) is 8.89. The third-order valence-electron chi connectivity index (χ3n) is 6.25. The number of benzene rings is 3. The van der Waals surface area contributed by atoms with Gasteiger partial charge in [-0.3, -0.25) is 14.4 Å². The minimum Gasteiger partial charge on any atom is -0.494 e. The number of amides is 3. The Morgan fingerprint density at radius 1 is 1.00 bits per heavy atom. The first-order valence-electron chi connectivity index (χ1n) is 12.2. The van der Waals surface area contributed by atoms with Crippen LogP contribution in [0.5, 0.6) is 5.75 Å². The van der Waals surface area contributed by atoms with E-state index in [-0.39, 0.29) is 30.7 Å². The second-order valence-electron chi connectivity index (χ2n) is 8.89. The first-order chi connectivity index (χ1) is 17.5. The quantitative estimate of drug-likeness (QED) is 0.460. The van der Waals surface area contributed by atoms with Crippen LogP contribution in [0.15, 0.2) is 72.8 Å². The zero-order valence-corrected chi connectivity index (χ0v) is 20.6. The molecule has 0 radical (unpaired) electrons. The number of hydrogen-bond donors (Lipinski definition) is 2. The summed E-state index contributed by atoms with van der Waals surface area (Å²) in [5.74, 6) is -0.436. The standard InChI is InChI=1S/C29H31N3O4/c1-3-16-36-24-14-12-23(13-15-24)32-19-22(17-27(32)33)28(34)31-26-11-7-6-10-25(26)29(35)30-18-21-9-5-4-8-20(21)2/h4-15,22H,3,16-19H2,1-2H3,(H,30,35)(H,31,34)/t22-/m0/s1. The second kappa shape index (κ2) is 11.5. The summed E-state index contributed by atoms with van der Waals surface area (Å²) in [5.41, 5.74) is 3.66. The molecule has 2 N–H and O–H groups in total. The summed E-state index contributed by atoms with van der Waals surface area (Å²) < 4.78 is 5.60. The van der Waals surface area contributed by atoms with E-state index in [1.54, 1.807) is 29.2 Å². The fraction of sp³-hybridized carbons (Fsp3) is 0.276. The number of carbonyl (C=O) groups excluding carboxylic acids is 3. The molecule has 3 aromatic carbocycles. The molecule has 7 nitrogen and oxygen atoms in total. The van der Waals surface area contributed by atoms with Gasteiger partial charge in [-0.15, -0.1) is 0 Å². The van der Waals surface area contributed by atoms with Crippen LogP contribution in [0.4, 0.5) is 11.4 Å². The maximum atomic E-state index is 13.1. The fourth-order valence-electron chi connectivity index (χ4n) is 4.18. The number of rotatable bonds is 9.